The molecule has 8 heteroatoms. The van der Waals surface area contributed by atoms with Gasteiger partial charge in [-0.1, -0.05) is 0 Å². The maximum Gasteiger partial charge on any atom is 0.335 e. The van der Waals surface area contributed by atoms with E-state index in [-0.39, 0.29) is 22.2 Å². The predicted octanol–water partition coefficient (Wildman–Crippen LogP) is 2.11. The Morgan fingerprint density at radius 2 is 1.85 bits per heavy atom. The zero-order valence-corrected chi connectivity index (χ0v) is 11.6. The molecule has 0 aliphatic rings. The summed E-state index contributed by atoms with van der Waals surface area (Å²) >= 11 is 5.57. The first-order valence-electron chi connectivity index (χ1n) is 5.46. The standard InChI is InChI=1S/C12H10ClNO5S/c13-11-6-3-9(19-11)7-14-20(17,18)10-4-1-8(2-5-10)12(15)16/h1-6,14H,7H2,(H,15,16). The second-order valence-corrected chi connectivity index (χ2v) is 6.00. The van der Waals surface area contributed by atoms with Crippen molar-refractivity contribution < 1.29 is 22.7 Å². The summed E-state index contributed by atoms with van der Waals surface area (Å²) in [6.45, 7) is -0.0459. The van der Waals surface area contributed by atoms with Gasteiger partial charge in [-0.3, -0.25) is 0 Å². The van der Waals surface area contributed by atoms with Crippen molar-refractivity contribution in [2.24, 2.45) is 0 Å². The minimum atomic E-state index is -3.74. The van der Waals surface area contributed by atoms with E-state index in [4.69, 9.17) is 21.1 Å². The lowest BCUT2D eigenvalue weighted by molar-refractivity contribution is 0.0696. The summed E-state index contributed by atoms with van der Waals surface area (Å²) in [7, 11) is -3.74. The van der Waals surface area contributed by atoms with Gasteiger partial charge in [0.2, 0.25) is 10.0 Å². The minimum absolute atomic E-state index is 0.0155. The number of aromatic carboxylic acids is 1. The fraction of sp³-hybridized carbons (Fsp3) is 0.0833. The van der Waals surface area contributed by atoms with E-state index in [9.17, 15) is 13.2 Å². The quantitative estimate of drug-likeness (QED) is 0.880. The van der Waals surface area contributed by atoms with Gasteiger partial charge in [0.05, 0.1) is 17.0 Å². The van der Waals surface area contributed by atoms with Crippen LogP contribution in [0.25, 0.3) is 0 Å². The molecule has 0 atom stereocenters. The van der Waals surface area contributed by atoms with E-state index in [1.54, 1.807) is 6.07 Å². The van der Waals surface area contributed by atoms with Gasteiger partial charge in [0.1, 0.15) is 5.76 Å². The fourth-order valence-corrected chi connectivity index (χ4v) is 2.63. The number of carbonyl (C=O) groups is 1. The van der Waals surface area contributed by atoms with E-state index >= 15 is 0 Å². The van der Waals surface area contributed by atoms with Gasteiger partial charge in [0, 0.05) is 0 Å². The third-order valence-corrected chi connectivity index (χ3v) is 4.10. The molecule has 106 valence electrons. The lowest BCUT2D eigenvalue weighted by atomic mass is 10.2. The molecule has 1 aromatic heterocycles. The molecule has 0 aliphatic heterocycles. The Morgan fingerprint density at radius 3 is 2.35 bits per heavy atom. The van der Waals surface area contributed by atoms with Gasteiger partial charge in [-0.25, -0.2) is 17.9 Å². The molecule has 0 bridgehead atoms. The van der Waals surface area contributed by atoms with Gasteiger partial charge in [-0.2, -0.15) is 0 Å². The topological polar surface area (TPSA) is 96.6 Å². The van der Waals surface area contributed by atoms with Crippen LogP contribution in [0.5, 0.6) is 0 Å². The molecule has 0 unspecified atom stereocenters. The molecule has 20 heavy (non-hydrogen) atoms. The van der Waals surface area contributed by atoms with Crippen molar-refractivity contribution in [2.75, 3.05) is 0 Å². The Morgan fingerprint density at radius 1 is 1.20 bits per heavy atom. The van der Waals surface area contributed by atoms with Gasteiger partial charge >= 0.3 is 5.97 Å². The van der Waals surface area contributed by atoms with Crippen LogP contribution in [0.3, 0.4) is 0 Å². The zero-order valence-electron chi connectivity index (χ0n) is 10.0. The van der Waals surface area contributed by atoms with Crippen LogP contribution in [0.15, 0.2) is 45.7 Å². The number of carboxylic acids is 1. The highest BCUT2D eigenvalue weighted by Gasteiger charge is 2.15. The van der Waals surface area contributed by atoms with Crippen molar-refractivity contribution in [3.8, 4) is 0 Å². The Hall–Kier alpha value is -1.83. The van der Waals surface area contributed by atoms with Crippen LogP contribution >= 0.6 is 11.6 Å². The molecule has 2 rings (SSSR count). The van der Waals surface area contributed by atoms with E-state index in [1.807, 2.05) is 0 Å². The van der Waals surface area contributed by atoms with Gasteiger partial charge in [0.15, 0.2) is 5.22 Å². The van der Waals surface area contributed by atoms with Crippen LogP contribution in [0.4, 0.5) is 0 Å². The number of sulfonamides is 1. The lowest BCUT2D eigenvalue weighted by Gasteiger charge is -2.05. The molecule has 2 N–H and O–H groups in total. The maximum atomic E-state index is 12.0. The number of carboxylic acid groups (broad SMARTS) is 1. The minimum Gasteiger partial charge on any atom is -0.478 e. The third kappa shape index (κ3) is 3.38. The molecular formula is C12H10ClNO5S. The van der Waals surface area contributed by atoms with Gasteiger partial charge in [-0.15, -0.1) is 0 Å². The first kappa shape index (κ1) is 14.6. The Bertz CT molecular complexity index is 721. The lowest BCUT2D eigenvalue weighted by Crippen LogP contribution is -2.23. The fourth-order valence-electron chi connectivity index (χ4n) is 1.47. The predicted molar refractivity (Wildman–Crippen MR) is 71.1 cm³/mol. The zero-order chi connectivity index (χ0) is 14.8. The normalized spacial score (nSPS) is 11.4. The Balaban J connectivity index is 2.11. The molecule has 0 saturated heterocycles. The summed E-state index contributed by atoms with van der Waals surface area (Å²) in [5.74, 6) is -0.743. The van der Waals surface area contributed by atoms with E-state index in [0.717, 1.165) is 0 Å². The molecular weight excluding hydrogens is 306 g/mol. The number of nitrogens with one attached hydrogen (secondary N) is 1. The number of hydrogen-bond acceptors (Lipinski definition) is 4. The molecule has 0 saturated carbocycles. The van der Waals surface area contributed by atoms with Crippen LogP contribution in [0.2, 0.25) is 5.22 Å². The number of rotatable bonds is 5. The van der Waals surface area contributed by atoms with Crippen molar-refractivity contribution in [3.63, 3.8) is 0 Å². The van der Waals surface area contributed by atoms with Gasteiger partial charge in [0.25, 0.3) is 0 Å². The van der Waals surface area contributed by atoms with E-state index < -0.39 is 16.0 Å². The van der Waals surface area contributed by atoms with E-state index in [1.165, 1.54) is 30.3 Å². The molecule has 0 fully saturated rings. The highest BCUT2D eigenvalue weighted by atomic mass is 35.5. The smallest absolute Gasteiger partial charge is 0.335 e. The highest BCUT2D eigenvalue weighted by Crippen LogP contribution is 2.15. The average molecular weight is 316 g/mol. The Labute approximate surface area is 120 Å². The van der Waals surface area contributed by atoms with Crippen LogP contribution < -0.4 is 4.72 Å². The summed E-state index contributed by atoms with van der Waals surface area (Å²) in [5.41, 5.74) is 0.0155. The molecule has 0 radical (unpaired) electrons. The molecule has 6 nitrogen and oxygen atoms in total. The van der Waals surface area contributed by atoms with Crippen molar-refractivity contribution in [2.45, 2.75) is 11.4 Å². The second kappa shape index (κ2) is 5.66. The summed E-state index contributed by atoms with van der Waals surface area (Å²) in [6, 6.07) is 7.95. The molecule has 0 aliphatic carbocycles. The summed E-state index contributed by atoms with van der Waals surface area (Å²) in [5, 5.41) is 8.91. The van der Waals surface area contributed by atoms with Crippen molar-refractivity contribution >= 4 is 27.6 Å². The SMILES string of the molecule is O=C(O)c1ccc(S(=O)(=O)NCc2ccc(Cl)o2)cc1. The number of hydrogen-bond donors (Lipinski definition) is 2. The third-order valence-electron chi connectivity index (χ3n) is 2.48. The summed E-state index contributed by atoms with van der Waals surface area (Å²) in [4.78, 5) is 10.7. The van der Waals surface area contributed by atoms with Crippen LogP contribution in [0, 0.1) is 0 Å². The van der Waals surface area contributed by atoms with Crippen molar-refractivity contribution in [3.05, 3.63) is 52.9 Å². The summed E-state index contributed by atoms with van der Waals surface area (Å²) < 4.78 is 31.3. The van der Waals surface area contributed by atoms with Crippen molar-refractivity contribution in [1.29, 1.82) is 0 Å². The molecule has 0 amide bonds. The second-order valence-electron chi connectivity index (χ2n) is 3.86. The number of benzene rings is 1. The largest absolute Gasteiger partial charge is 0.478 e. The van der Waals surface area contributed by atoms with Gasteiger partial charge < -0.3 is 9.52 Å². The first-order chi connectivity index (χ1) is 9.38. The molecule has 1 aromatic carbocycles. The van der Waals surface area contributed by atoms with Crippen molar-refractivity contribution in [1.82, 2.24) is 4.72 Å². The monoisotopic (exact) mass is 315 g/mol. The Kier molecular flexibility index (Phi) is 4.12. The highest BCUT2D eigenvalue weighted by molar-refractivity contribution is 7.89. The van der Waals surface area contributed by atoms with E-state index in [2.05, 4.69) is 4.72 Å². The molecule has 1 heterocycles. The summed E-state index contributed by atoms with van der Waals surface area (Å²) in [6.07, 6.45) is 0. The maximum absolute atomic E-state index is 12.0. The average Bonchev–Trinajstić information content (AvgIpc) is 2.82. The van der Waals surface area contributed by atoms with Gasteiger partial charge in [-0.05, 0) is 48.0 Å². The number of halogens is 1. The van der Waals surface area contributed by atoms with E-state index in [0.29, 0.717) is 5.76 Å². The van der Waals surface area contributed by atoms with Crippen LogP contribution in [-0.2, 0) is 16.6 Å². The van der Waals surface area contributed by atoms with Crippen LogP contribution in [0.1, 0.15) is 16.1 Å². The molecule has 2 aromatic rings. The number of furan rings is 1. The molecule has 0 spiro atoms. The first-order valence-corrected chi connectivity index (χ1v) is 7.32. The van der Waals surface area contributed by atoms with Crippen LogP contribution in [-0.4, -0.2) is 19.5 Å².